The third kappa shape index (κ3) is 4.53. The van der Waals surface area contributed by atoms with E-state index in [9.17, 15) is 9.18 Å². The highest BCUT2D eigenvalue weighted by Gasteiger charge is 2.30. The number of anilines is 1. The van der Waals surface area contributed by atoms with Crippen LogP contribution in [0.25, 0.3) is 0 Å². The molecule has 1 aliphatic heterocycles. The number of piperazine rings is 1. The molecule has 1 N–H and O–H groups in total. The topological polar surface area (TPSA) is 61.6 Å². The minimum absolute atomic E-state index is 0.0596. The number of aromatic nitrogens is 1. The average Bonchev–Trinajstić information content (AvgIpc) is 3.55. The van der Waals surface area contributed by atoms with Gasteiger partial charge in [-0.2, -0.15) is 0 Å². The second-order valence-corrected chi connectivity index (χ2v) is 8.48. The van der Waals surface area contributed by atoms with E-state index in [1.54, 1.807) is 12.5 Å². The Bertz CT molecular complexity index is 1050. The van der Waals surface area contributed by atoms with Crippen molar-refractivity contribution in [2.24, 2.45) is 5.92 Å². The maximum Gasteiger partial charge on any atom is 0.223 e. The highest BCUT2D eigenvalue weighted by atomic mass is 19.1. The Balaban J connectivity index is 1.24. The molecule has 2 fully saturated rings. The van der Waals surface area contributed by atoms with Gasteiger partial charge in [0, 0.05) is 38.6 Å². The standard InChI is InChI=1S/C25H27FN4O2/c26-21-16-18(17-28-24(31)20-7-8-20)6-9-22(21)29-11-13-30(14-12-29)23(25-27-10-15-32-25)19-4-2-1-3-5-19/h1-6,9-10,15-16,20,23H,7-8,11-14,17H2,(H,28,31). The number of amides is 1. The van der Waals surface area contributed by atoms with Crippen LogP contribution in [0.15, 0.2) is 65.4 Å². The molecule has 7 heteroatoms. The molecule has 1 saturated carbocycles. The van der Waals surface area contributed by atoms with Crippen LogP contribution in [-0.2, 0) is 11.3 Å². The van der Waals surface area contributed by atoms with E-state index in [1.807, 2.05) is 30.3 Å². The maximum atomic E-state index is 14.9. The van der Waals surface area contributed by atoms with Gasteiger partial charge in [-0.25, -0.2) is 9.37 Å². The molecule has 6 nitrogen and oxygen atoms in total. The summed E-state index contributed by atoms with van der Waals surface area (Å²) in [6.45, 7) is 3.31. The molecular formula is C25H27FN4O2. The van der Waals surface area contributed by atoms with Gasteiger partial charge in [0.25, 0.3) is 0 Å². The molecule has 2 aromatic carbocycles. The van der Waals surface area contributed by atoms with Gasteiger partial charge in [0.05, 0.1) is 11.9 Å². The monoisotopic (exact) mass is 434 g/mol. The summed E-state index contributed by atoms with van der Waals surface area (Å²) < 4.78 is 20.5. The van der Waals surface area contributed by atoms with Crippen LogP contribution in [0.4, 0.5) is 10.1 Å². The first-order valence-electron chi connectivity index (χ1n) is 11.2. The number of nitrogens with zero attached hydrogens (tertiary/aromatic N) is 3. The van der Waals surface area contributed by atoms with Gasteiger partial charge in [0.15, 0.2) is 0 Å². The van der Waals surface area contributed by atoms with Crippen molar-refractivity contribution in [2.45, 2.75) is 25.4 Å². The minimum atomic E-state index is -0.246. The number of hydrogen-bond acceptors (Lipinski definition) is 5. The lowest BCUT2D eigenvalue weighted by Gasteiger charge is -2.39. The Kier molecular flexibility index (Phi) is 5.90. The molecule has 32 heavy (non-hydrogen) atoms. The molecule has 3 aromatic rings. The first-order chi connectivity index (χ1) is 15.7. The number of carbonyl (C=O) groups excluding carboxylic acids is 1. The predicted octanol–water partition coefficient (Wildman–Crippen LogP) is 3.75. The van der Waals surface area contributed by atoms with E-state index in [4.69, 9.17) is 4.42 Å². The Morgan fingerprint density at radius 1 is 1.12 bits per heavy atom. The molecule has 5 rings (SSSR count). The van der Waals surface area contributed by atoms with Crippen LogP contribution in [0.3, 0.4) is 0 Å². The van der Waals surface area contributed by atoms with Crippen molar-refractivity contribution in [3.05, 3.63) is 83.8 Å². The van der Waals surface area contributed by atoms with Gasteiger partial charge in [0.1, 0.15) is 18.1 Å². The molecule has 2 heterocycles. The van der Waals surface area contributed by atoms with Crippen molar-refractivity contribution >= 4 is 11.6 Å². The van der Waals surface area contributed by atoms with E-state index in [-0.39, 0.29) is 23.7 Å². The molecule has 1 saturated heterocycles. The lowest BCUT2D eigenvalue weighted by atomic mass is 10.0. The number of hydrogen-bond donors (Lipinski definition) is 1. The summed E-state index contributed by atoms with van der Waals surface area (Å²) in [6, 6.07) is 15.4. The van der Waals surface area contributed by atoms with Crippen LogP contribution in [0.2, 0.25) is 0 Å². The van der Waals surface area contributed by atoms with Crippen LogP contribution < -0.4 is 10.2 Å². The molecule has 1 unspecified atom stereocenters. The molecule has 166 valence electrons. The minimum Gasteiger partial charge on any atom is -0.447 e. The molecule has 1 atom stereocenters. The van der Waals surface area contributed by atoms with Crippen molar-refractivity contribution in [1.29, 1.82) is 0 Å². The van der Waals surface area contributed by atoms with Crippen molar-refractivity contribution in [3.63, 3.8) is 0 Å². The quantitative estimate of drug-likeness (QED) is 0.614. The Hall–Kier alpha value is -3.19. The van der Waals surface area contributed by atoms with Crippen molar-refractivity contribution in [2.75, 3.05) is 31.1 Å². The molecule has 1 aromatic heterocycles. The third-order valence-corrected chi connectivity index (χ3v) is 6.25. The summed E-state index contributed by atoms with van der Waals surface area (Å²) in [4.78, 5) is 20.6. The molecule has 0 radical (unpaired) electrons. The summed E-state index contributed by atoms with van der Waals surface area (Å²) >= 11 is 0. The fraction of sp³-hybridized carbons (Fsp3) is 0.360. The Morgan fingerprint density at radius 2 is 1.91 bits per heavy atom. The van der Waals surface area contributed by atoms with Crippen molar-refractivity contribution in [1.82, 2.24) is 15.2 Å². The molecule has 0 bridgehead atoms. The largest absolute Gasteiger partial charge is 0.447 e. The normalized spacial score (nSPS) is 17.8. The fourth-order valence-electron chi connectivity index (χ4n) is 4.33. The number of benzene rings is 2. The molecule has 2 aliphatic rings. The lowest BCUT2D eigenvalue weighted by molar-refractivity contribution is -0.122. The van der Waals surface area contributed by atoms with Gasteiger partial charge in [-0.3, -0.25) is 9.69 Å². The molecule has 0 spiro atoms. The van der Waals surface area contributed by atoms with Crippen LogP contribution in [0, 0.1) is 11.7 Å². The van der Waals surface area contributed by atoms with E-state index in [1.165, 1.54) is 6.07 Å². The van der Waals surface area contributed by atoms with E-state index in [0.717, 1.165) is 37.1 Å². The van der Waals surface area contributed by atoms with Crippen LogP contribution in [0.5, 0.6) is 0 Å². The van der Waals surface area contributed by atoms with E-state index < -0.39 is 0 Å². The van der Waals surface area contributed by atoms with Gasteiger partial charge >= 0.3 is 0 Å². The zero-order chi connectivity index (χ0) is 21.9. The average molecular weight is 435 g/mol. The number of halogens is 1. The van der Waals surface area contributed by atoms with Gasteiger partial charge in [0.2, 0.25) is 11.8 Å². The third-order valence-electron chi connectivity index (χ3n) is 6.25. The Morgan fingerprint density at radius 3 is 2.56 bits per heavy atom. The van der Waals surface area contributed by atoms with Crippen molar-refractivity contribution in [3.8, 4) is 0 Å². The predicted molar refractivity (Wildman–Crippen MR) is 120 cm³/mol. The fourth-order valence-corrected chi connectivity index (χ4v) is 4.33. The summed E-state index contributed by atoms with van der Waals surface area (Å²) in [5, 5.41) is 2.89. The SMILES string of the molecule is O=C(NCc1ccc(N2CCN(C(c3ccccc3)c3ncco3)CC2)c(F)c1)C1CC1. The number of rotatable bonds is 7. The second-order valence-electron chi connectivity index (χ2n) is 8.48. The van der Waals surface area contributed by atoms with E-state index in [2.05, 4.69) is 32.2 Å². The zero-order valence-electron chi connectivity index (χ0n) is 17.9. The van der Waals surface area contributed by atoms with Crippen LogP contribution in [0.1, 0.15) is 35.9 Å². The number of oxazole rings is 1. The molecule has 1 amide bonds. The van der Waals surface area contributed by atoms with Gasteiger partial charge in [-0.1, -0.05) is 36.4 Å². The molecule has 1 aliphatic carbocycles. The van der Waals surface area contributed by atoms with Gasteiger partial charge in [-0.15, -0.1) is 0 Å². The van der Waals surface area contributed by atoms with Gasteiger partial charge in [-0.05, 0) is 36.1 Å². The van der Waals surface area contributed by atoms with Crippen LogP contribution in [-0.4, -0.2) is 42.0 Å². The number of carbonyl (C=O) groups is 1. The smallest absolute Gasteiger partial charge is 0.223 e. The van der Waals surface area contributed by atoms with Gasteiger partial charge < -0.3 is 14.6 Å². The summed E-state index contributed by atoms with van der Waals surface area (Å²) in [5.41, 5.74) is 2.52. The zero-order valence-corrected chi connectivity index (χ0v) is 17.9. The highest BCUT2D eigenvalue weighted by Crippen LogP contribution is 2.31. The van der Waals surface area contributed by atoms with E-state index in [0.29, 0.717) is 31.2 Å². The lowest BCUT2D eigenvalue weighted by Crippen LogP contribution is -2.48. The molecular weight excluding hydrogens is 407 g/mol. The highest BCUT2D eigenvalue weighted by molar-refractivity contribution is 5.80. The summed E-state index contributed by atoms with van der Waals surface area (Å²) in [5.74, 6) is 0.661. The van der Waals surface area contributed by atoms with E-state index >= 15 is 0 Å². The maximum absolute atomic E-state index is 14.9. The number of nitrogens with one attached hydrogen (secondary N) is 1. The first kappa shape index (κ1) is 20.7. The summed E-state index contributed by atoms with van der Waals surface area (Å²) in [6.07, 6.45) is 5.20. The first-order valence-corrected chi connectivity index (χ1v) is 11.2. The summed E-state index contributed by atoms with van der Waals surface area (Å²) in [7, 11) is 0. The Labute approximate surface area is 187 Å². The van der Waals surface area contributed by atoms with Crippen LogP contribution >= 0.6 is 0 Å². The second kappa shape index (κ2) is 9.12. The van der Waals surface area contributed by atoms with Crippen molar-refractivity contribution < 1.29 is 13.6 Å².